The van der Waals surface area contributed by atoms with Gasteiger partial charge in [-0.05, 0) is 33.1 Å². The van der Waals surface area contributed by atoms with Crippen molar-refractivity contribution in [2.75, 3.05) is 39.0 Å². The average Bonchev–Trinajstić information content (AvgIpc) is 2.87. The Labute approximate surface area is 164 Å². The van der Waals surface area contributed by atoms with E-state index in [1.165, 1.54) is 0 Å². The van der Waals surface area contributed by atoms with Gasteiger partial charge in [-0.2, -0.15) is 0 Å². The van der Waals surface area contributed by atoms with Gasteiger partial charge in [0.2, 0.25) is 10.0 Å². The number of aliphatic imine (C=N–C) groups is 1. The highest BCUT2D eigenvalue weighted by atomic mass is 127. The van der Waals surface area contributed by atoms with E-state index in [4.69, 9.17) is 0 Å². The minimum absolute atomic E-state index is 0. The van der Waals surface area contributed by atoms with Crippen LogP contribution >= 0.6 is 24.0 Å². The number of nitrogens with zero attached hydrogens (tertiary/aromatic N) is 2. The van der Waals surface area contributed by atoms with E-state index < -0.39 is 10.0 Å². The number of rotatable bonds is 8. The normalized spacial score (nSPS) is 22.5. The predicted molar refractivity (Wildman–Crippen MR) is 112 cm³/mol. The predicted octanol–water partition coefficient (Wildman–Crippen LogP) is 0.828. The van der Waals surface area contributed by atoms with Crippen LogP contribution < -0.4 is 15.4 Å². The highest BCUT2D eigenvalue weighted by Crippen LogP contribution is 2.18. The lowest BCUT2D eigenvalue weighted by Gasteiger charge is -2.22. The van der Waals surface area contributed by atoms with Gasteiger partial charge in [-0.3, -0.25) is 9.89 Å². The SMILES string of the molecule is CCS(=O)(=O)NCCCNC(=NC)NC1CN(C(C)C)CC1C.I. The summed E-state index contributed by atoms with van der Waals surface area (Å²) in [5.41, 5.74) is 0. The standard InChI is InChI=1S/C15H33N5O2S.HI/c1-6-23(21,22)18-9-7-8-17-15(16-5)19-14-11-20(12(2)3)10-13(14)4;/h12-14,18H,6-11H2,1-5H3,(H2,16,17,19);1H. The Morgan fingerprint density at radius 1 is 1.29 bits per heavy atom. The fourth-order valence-electron chi connectivity index (χ4n) is 2.61. The summed E-state index contributed by atoms with van der Waals surface area (Å²) in [6.07, 6.45) is 0.721. The maximum Gasteiger partial charge on any atom is 0.211 e. The number of likely N-dealkylation sites (tertiary alicyclic amines) is 1. The van der Waals surface area contributed by atoms with E-state index in [1.807, 2.05) is 0 Å². The summed E-state index contributed by atoms with van der Waals surface area (Å²) in [6, 6.07) is 0.952. The second-order valence-electron chi connectivity index (χ2n) is 6.43. The molecular weight excluding hydrogens is 441 g/mol. The fraction of sp³-hybridized carbons (Fsp3) is 0.933. The van der Waals surface area contributed by atoms with Gasteiger partial charge >= 0.3 is 0 Å². The first-order chi connectivity index (χ1) is 10.8. The van der Waals surface area contributed by atoms with Gasteiger partial charge in [0.15, 0.2) is 5.96 Å². The molecule has 0 aromatic rings. The van der Waals surface area contributed by atoms with E-state index in [2.05, 4.69) is 46.0 Å². The minimum atomic E-state index is -3.10. The van der Waals surface area contributed by atoms with Crippen LogP contribution in [0.4, 0.5) is 0 Å². The maximum absolute atomic E-state index is 11.3. The zero-order chi connectivity index (χ0) is 17.5. The zero-order valence-corrected chi connectivity index (χ0v) is 18.6. The lowest BCUT2D eigenvalue weighted by Crippen LogP contribution is -2.47. The monoisotopic (exact) mass is 475 g/mol. The van der Waals surface area contributed by atoms with Crippen molar-refractivity contribution in [2.45, 2.75) is 46.2 Å². The Hall–Kier alpha value is -0.130. The summed E-state index contributed by atoms with van der Waals surface area (Å²) in [5, 5.41) is 6.73. The van der Waals surface area contributed by atoms with E-state index in [1.54, 1.807) is 14.0 Å². The molecule has 2 unspecified atom stereocenters. The molecule has 0 saturated carbocycles. The lowest BCUT2D eigenvalue weighted by molar-refractivity contribution is 0.265. The molecule has 1 saturated heterocycles. The minimum Gasteiger partial charge on any atom is -0.356 e. The second kappa shape index (κ2) is 11.5. The highest BCUT2D eigenvalue weighted by molar-refractivity contribution is 14.0. The number of halogens is 1. The number of nitrogens with one attached hydrogen (secondary N) is 3. The summed E-state index contributed by atoms with van der Waals surface area (Å²) in [5.74, 6) is 1.48. The number of sulfonamides is 1. The molecule has 0 amide bonds. The number of hydrogen-bond donors (Lipinski definition) is 3. The Morgan fingerprint density at radius 2 is 1.96 bits per heavy atom. The van der Waals surface area contributed by atoms with Gasteiger partial charge < -0.3 is 10.6 Å². The summed E-state index contributed by atoms with van der Waals surface area (Å²) >= 11 is 0. The Balaban J connectivity index is 0.00000529. The highest BCUT2D eigenvalue weighted by Gasteiger charge is 2.31. The quantitative estimate of drug-likeness (QED) is 0.210. The number of guanidine groups is 1. The molecule has 1 aliphatic heterocycles. The molecule has 0 aromatic carbocycles. The van der Waals surface area contributed by atoms with E-state index >= 15 is 0 Å². The molecule has 0 aromatic heterocycles. The van der Waals surface area contributed by atoms with Gasteiger partial charge in [0, 0.05) is 45.3 Å². The molecule has 24 heavy (non-hydrogen) atoms. The third-order valence-corrected chi connectivity index (χ3v) is 5.67. The summed E-state index contributed by atoms with van der Waals surface area (Å²) in [7, 11) is -1.34. The molecule has 9 heteroatoms. The van der Waals surface area contributed by atoms with Crippen molar-refractivity contribution >= 4 is 40.0 Å². The first-order valence-corrected chi connectivity index (χ1v) is 10.1. The third kappa shape index (κ3) is 8.30. The van der Waals surface area contributed by atoms with E-state index in [9.17, 15) is 8.42 Å². The zero-order valence-electron chi connectivity index (χ0n) is 15.5. The van der Waals surface area contributed by atoms with Crippen LogP contribution in [0.3, 0.4) is 0 Å². The van der Waals surface area contributed by atoms with Crippen LogP contribution in [0.2, 0.25) is 0 Å². The van der Waals surface area contributed by atoms with Crippen LogP contribution in [0.25, 0.3) is 0 Å². The molecule has 0 spiro atoms. The van der Waals surface area contributed by atoms with Gasteiger partial charge in [0.05, 0.1) is 5.75 Å². The largest absolute Gasteiger partial charge is 0.356 e. The molecule has 144 valence electrons. The second-order valence-corrected chi connectivity index (χ2v) is 8.52. The van der Waals surface area contributed by atoms with Gasteiger partial charge in [-0.15, -0.1) is 24.0 Å². The van der Waals surface area contributed by atoms with Crippen LogP contribution in [0.1, 0.15) is 34.1 Å². The summed E-state index contributed by atoms with van der Waals surface area (Å²) in [4.78, 5) is 6.72. The summed E-state index contributed by atoms with van der Waals surface area (Å²) < 4.78 is 25.2. The molecule has 0 aliphatic carbocycles. The van der Waals surface area contributed by atoms with Crippen LogP contribution in [0.5, 0.6) is 0 Å². The van der Waals surface area contributed by atoms with E-state index in [0.29, 0.717) is 31.1 Å². The smallest absolute Gasteiger partial charge is 0.211 e. The van der Waals surface area contributed by atoms with Crippen LogP contribution in [0, 0.1) is 5.92 Å². The van der Waals surface area contributed by atoms with Crippen molar-refractivity contribution < 1.29 is 8.42 Å². The molecule has 1 heterocycles. The molecular formula is C15H34IN5O2S. The van der Waals surface area contributed by atoms with Crippen molar-refractivity contribution in [3.05, 3.63) is 0 Å². The van der Waals surface area contributed by atoms with Crippen molar-refractivity contribution in [3.8, 4) is 0 Å². The van der Waals surface area contributed by atoms with Crippen molar-refractivity contribution in [2.24, 2.45) is 10.9 Å². The maximum atomic E-state index is 11.3. The fourth-order valence-corrected chi connectivity index (χ4v) is 3.27. The van der Waals surface area contributed by atoms with Gasteiger partial charge in [-0.25, -0.2) is 13.1 Å². The van der Waals surface area contributed by atoms with E-state index in [0.717, 1.165) is 25.5 Å². The molecule has 3 N–H and O–H groups in total. The van der Waals surface area contributed by atoms with Gasteiger partial charge in [0.25, 0.3) is 0 Å². The first-order valence-electron chi connectivity index (χ1n) is 8.47. The molecule has 1 rings (SSSR count). The van der Waals surface area contributed by atoms with Crippen molar-refractivity contribution in [3.63, 3.8) is 0 Å². The van der Waals surface area contributed by atoms with E-state index in [-0.39, 0.29) is 29.7 Å². The van der Waals surface area contributed by atoms with Crippen molar-refractivity contribution in [1.29, 1.82) is 0 Å². The van der Waals surface area contributed by atoms with Crippen LogP contribution in [0.15, 0.2) is 4.99 Å². The molecule has 1 aliphatic rings. The molecule has 0 bridgehead atoms. The molecule has 7 nitrogen and oxygen atoms in total. The lowest BCUT2D eigenvalue weighted by atomic mass is 10.1. The third-order valence-electron chi connectivity index (χ3n) is 4.26. The Bertz CT molecular complexity index is 484. The molecule has 0 radical (unpaired) electrons. The van der Waals surface area contributed by atoms with Crippen LogP contribution in [-0.4, -0.2) is 70.3 Å². The molecule has 1 fully saturated rings. The van der Waals surface area contributed by atoms with Crippen molar-refractivity contribution in [1.82, 2.24) is 20.3 Å². The summed E-state index contributed by atoms with van der Waals surface area (Å²) in [6.45, 7) is 11.6. The Morgan fingerprint density at radius 3 is 2.46 bits per heavy atom. The molecule has 2 atom stereocenters. The Kier molecular flexibility index (Phi) is 11.4. The van der Waals surface area contributed by atoms with Gasteiger partial charge in [0.1, 0.15) is 0 Å². The topological polar surface area (TPSA) is 85.8 Å². The first kappa shape index (κ1) is 23.9. The average molecular weight is 475 g/mol. The van der Waals surface area contributed by atoms with Crippen LogP contribution in [-0.2, 0) is 10.0 Å². The number of hydrogen-bond acceptors (Lipinski definition) is 4. The van der Waals surface area contributed by atoms with Gasteiger partial charge in [-0.1, -0.05) is 6.92 Å².